The van der Waals surface area contributed by atoms with E-state index in [0.29, 0.717) is 0 Å². The van der Waals surface area contributed by atoms with Crippen LogP contribution >= 0.6 is 24.8 Å². The van der Waals surface area contributed by atoms with Gasteiger partial charge in [-0.1, -0.05) is 0 Å². The number of hydrogen-bond donors (Lipinski definition) is 4. The summed E-state index contributed by atoms with van der Waals surface area (Å²) in [5.41, 5.74) is 0. The molecule has 0 saturated heterocycles. The van der Waals surface area contributed by atoms with Crippen molar-refractivity contribution in [3.8, 4) is 0 Å². The molecule has 0 aliphatic carbocycles. The molecule has 8 N–H and O–H groups in total. The molecule has 0 unspecified atom stereocenters. The number of halogens is 2. The van der Waals surface area contributed by atoms with Crippen molar-refractivity contribution in [1.29, 1.82) is 0 Å². The number of rotatable bonds is 0. The van der Waals surface area contributed by atoms with E-state index >= 15 is 0 Å². The molecule has 0 spiro atoms. The molecule has 0 aromatic carbocycles. The average molecular weight is 243 g/mol. The average Bonchev–Trinajstić information content (AvgIpc) is 0.722. The molecule has 54 valence electrons. The second-order valence-corrected chi connectivity index (χ2v) is 3.74. The van der Waals surface area contributed by atoms with Gasteiger partial charge in [-0.25, -0.2) is 0 Å². The van der Waals surface area contributed by atoms with Crippen molar-refractivity contribution in [3.63, 3.8) is 0 Å². The fourth-order valence-electron chi connectivity index (χ4n) is 0. The minimum absolute atomic E-state index is 0. The van der Waals surface area contributed by atoms with Gasteiger partial charge in [0, 0.05) is 0 Å². The van der Waals surface area contributed by atoms with E-state index < -0.39 is 16.5 Å². The standard InChI is InChI=1S/2ClH.4H2N.Pd/h2*1H;4*1H2;/q;;4*-1;+4. The van der Waals surface area contributed by atoms with Crippen LogP contribution in [0.25, 0.3) is 0 Å². The number of nitrogens with two attached hydrogens (primary N) is 4. The first-order chi connectivity index (χ1) is 2.00. The molecule has 0 heterocycles. The van der Waals surface area contributed by atoms with E-state index in [2.05, 4.69) is 0 Å². The molecule has 0 bridgehead atoms. The maximum absolute atomic E-state index is 4.84. The van der Waals surface area contributed by atoms with Crippen LogP contribution < -0.4 is 17.5 Å². The molecule has 0 aromatic heterocycles. The van der Waals surface area contributed by atoms with E-state index in [0.717, 1.165) is 0 Å². The predicted octanol–water partition coefficient (Wildman–Crippen LogP) is -1.52. The van der Waals surface area contributed by atoms with Gasteiger partial charge in [-0.05, 0) is 0 Å². The summed E-state index contributed by atoms with van der Waals surface area (Å²) in [7, 11) is 0. The molecular weight excluding hydrogens is 233 g/mol. The summed E-state index contributed by atoms with van der Waals surface area (Å²) < 4.78 is 19.4. The molecular formula is H10Cl2N4Pd. The van der Waals surface area contributed by atoms with Crippen molar-refractivity contribution in [1.82, 2.24) is 0 Å². The molecule has 4 nitrogen and oxygen atoms in total. The van der Waals surface area contributed by atoms with Crippen LogP contribution in [-0.2, 0) is 16.5 Å². The first kappa shape index (κ1) is 15.7. The van der Waals surface area contributed by atoms with Crippen LogP contribution in [0.3, 0.4) is 0 Å². The van der Waals surface area contributed by atoms with Gasteiger partial charge in [0.05, 0.1) is 0 Å². The van der Waals surface area contributed by atoms with E-state index in [1.807, 2.05) is 0 Å². The zero-order valence-corrected chi connectivity index (χ0v) is 6.63. The maximum atomic E-state index is 4.84. The van der Waals surface area contributed by atoms with Gasteiger partial charge >= 0.3 is 34.0 Å². The first-order valence-electron chi connectivity index (χ1n) is 0.730. The molecule has 7 heavy (non-hydrogen) atoms. The Labute approximate surface area is 59.0 Å². The van der Waals surface area contributed by atoms with E-state index in [1.54, 1.807) is 0 Å². The van der Waals surface area contributed by atoms with Gasteiger partial charge in [0.1, 0.15) is 0 Å². The van der Waals surface area contributed by atoms with E-state index in [9.17, 15) is 0 Å². The third-order valence-electron chi connectivity index (χ3n) is 0. The second-order valence-electron chi connectivity index (χ2n) is 0.632. The molecule has 0 saturated carbocycles. The van der Waals surface area contributed by atoms with Crippen LogP contribution in [-0.4, -0.2) is 0 Å². The summed E-state index contributed by atoms with van der Waals surface area (Å²) in [6.07, 6.45) is 0. The van der Waals surface area contributed by atoms with Gasteiger partial charge in [-0.15, -0.1) is 24.8 Å². The van der Waals surface area contributed by atoms with E-state index in [-0.39, 0.29) is 24.8 Å². The molecule has 0 atom stereocenters. The summed E-state index contributed by atoms with van der Waals surface area (Å²) in [5.74, 6) is 0. The van der Waals surface area contributed by atoms with Gasteiger partial charge < -0.3 is 0 Å². The molecule has 0 radical (unpaired) electrons. The van der Waals surface area contributed by atoms with Crippen molar-refractivity contribution in [2.45, 2.75) is 0 Å². The summed E-state index contributed by atoms with van der Waals surface area (Å²) in [4.78, 5) is 0. The Morgan fingerprint density at radius 3 is 0.714 bits per heavy atom. The summed E-state index contributed by atoms with van der Waals surface area (Å²) >= 11 is -2.70. The fraction of sp³-hybridized carbons (Fsp3) is 0. The van der Waals surface area contributed by atoms with Crippen molar-refractivity contribution < 1.29 is 16.5 Å². The fourth-order valence-corrected chi connectivity index (χ4v) is 0. The van der Waals surface area contributed by atoms with Crippen molar-refractivity contribution >= 4 is 24.8 Å². The Hall–Kier alpha value is 1.08. The molecule has 0 aromatic rings. The monoisotopic (exact) mass is 242 g/mol. The molecule has 0 amide bonds. The normalized spacial score (nSPS) is 10.9. The Morgan fingerprint density at radius 2 is 0.714 bits per heavy atom. The van der Waals surface area contributed by atoms with Gasteiger partial charge in [-0.3, -0.25) is 0 Å². The SMILES string of the molecule is Cl.Cl.[NH2][Pd]([NH2])([NH2])[NH2]. The van der Waals surface area contributed by atoms with Crippen LogP contribution in [0.15, 0.2) is 0 Å². The summed E-state index contributed by atoms with van der Waals surface area (Å²) in [6, 6.07) is 0. The molecule has 0 fully saturated rings. The first-order valence-corrected chi connectivity index (χ1v) is 4.32. The molecule has 0 aliphatic rings. The third kappa shape index (κ3) is 156. The van der Waals surface area contributed by atoms with Crippen molar-refractivity contribution in [2.75, 3.05) is 0 Å². The van der Waals surface area contributed by atoms with Crippen LogP contribution in [0.4, 0.5) is 0 Å². The topological polar surface area (TPSA) is 104 Å². The number of hydrogen-bond acceptors (Lipinski definition) is 4. The Morgan fingerprint density at radius 1 is 0.714 bits per heavy atom. The van der Waals surface area contributed by atoms with Gasteiger partial charge in [0.2, 0.25) is 0 Å². The Balaban J connectivity index is -0.0000000800. The molecule has 7 heteroatoms. The summed E-state index contributed by atoms with van der Waals surface area (Å²) in [6.45, 7) is 0. The van der Waals surface area contributed by atoms with Crippen LogP contribution in [0.1, 0.15) is 0 Å². The minimum atomic E-state index is -2.70. The van der Waals surface area contributed by atoms with Crippen molar-refractivity contribution in [3.05, 3.63) is 0 Å². The van der Waals surface area contributed by atoms with Gasteiger partial charge in [0.15, 0.2) is 0 Å². The van der Waals surface area contributed by atoms with Gasteiger partial charge in [0.25, 0.3) is 0 Å². The second kappa shape index (κ2) is 5.22. The van der Waals surface area contributed by atoms with Gasteiger partial charge in [-0.2, -0.15) is 0 Å². The van der Waals surface area contributed by atoms with Crippen LogP contribution in [0.2, 0.25) is 0 Å². The molecule has 0 rings (SSSR count). The zero-order chi connectivity index (χ0) is 4.50. The zero-order valence-electron chi connectivity index (χ0n) is 3.44. The van der Waals surface area contributed by atoms with E-state index in [4.69, 9.17) is 17.5 Å². The predicted molar refractivity (Wildman–Crippen MR) is 31.2 cm³/mol. The Kier molecular flexibility index (Phi) is 11.7. The van der Waals surface area contributed by atoms with Crippen LogP contribution in [0.5, 0.6) is 0 Å². The van der Waals surface area contributed by atoms with Crippen LogP contribution in [0, 0.1) is 0 Å². The summed E-state index contributed by atoms with van der Waals surface area (Å²) in [5, 5.41) is 0. The Bertz CT molecular complexity index is 25.2. The molecule has 0 aliphatic heterocycles. The third-order valence-corrected chi connectivity index (χ3v) is 0. The quantitative estimate of drug-likeness (QED) is 0.388. The van der Waals surface area contributed by atoms with E-state index in [1.165, 1.54) is 0 Å². The van der Waals surface area contributed by atoms with Crippen molar-refractivity contribution in [2.24, 2.45) is 17.5 Å².